The van der Waals surface area contributed by atoms with Gasteiger partial charge in [0, 0.05) is 20.1 Å². The van der Waals surface area contributed by atoms with Crippen molar-refractivity contribution in [2.45, 2.75) is 19.9 Å². The molecule has 1 aromatic carbocycles. The molecule has 2 amide bonds. The van der Waals surface area contributed by atoms with Gasteiger partial charge in [-0.2, -0.15) is 0 Å². The van der Waals surface area contributed by atoms with Crippen LogP contribution in [-0.2, 0) is 9.59 Å². The highest BCUT2D eigenvalue weighted by molar-refractivity contribution is 6.00. The van der Waals surface area contributed by atoms with Crippen molar-refractivity contribution < 1.29 is 9.59 Å². The smallest absolute Gasteiger partial charge is 0.246 e. The van der Waals surface area contributed by atoms with Gasteiger partial charge in [-0.1, -0.05) is 26.0 Å². The van der Waals surface area contributed by atoms with E-state index in [-0.39, 0.29) is 49.1 Å². The lowest BCUT2D eigenvalue weighted by atomic mass is 10.1. The number of halogens is 2. The maximum absolute atomic E-state index is 12.4. The van der Waals surface area contributed by atoms with Crippen molar-refractivity contribution in [3.8, 4) is 0 Å². The summed E-state index contributed by atoms with van der Waals surface area (Å²) >= 11 is 0. The summed E-state index contributed by atoms with van der Waals surface area (Å²) in [4.78, 5) is 28.1. The SMILES string of the molecule is CC(C)[C@H](N)C(=O)NCC(=O)N1CCN(C)c2ccccc21.Cl.Cl. The first-order chi connectivity index (χ1) is 10.4. The normalized spacial score (nSPS) is 14.2. The van der Waals surface area contributed by atoms with Gasteiger partial charge in [0.25, 0.3) is 0 Å². The van der Waals surface area contributed by atoms with E-state index in [0.29, 0.717) is 6.54 Å². The van der Waals surface area contributed by atoms with E-state index in [9.17, 15) is 9.59 Å². The highest BCUT2D eigenvalue weighted by atomic mass is 35.5. The quantitative estimate of drug-likeness (QED) is 0.832. The number of carbonyl (C=O) groups is 2. The molecule has 6 nitrogen and oxygen atoms in total. The number of hydrogen-bond donors (Lipinski definition) is 2. The molecule has 8 heteroatoms. The minimum Gasteiger partial charge on any atom is -0.371 e. The number of amides is 2. The van der Waals surface area contributed by atoms with Gasteiger partial charge >= 0.3 is 0 Å². The maximum Gasteiger partial charge on any atom is 0.246 e. The zero-order chi connectivity index (χ0) is 16.3. The number of nitrogens with zero attached hydrogens (tertiary/aromatic N) is 2. The van der Waals surface area contributed by atoms with Crippen molar-refractivity contribution in [2.75, 3.05) is 36.5 Å². The van der Waals surface area contributed by atoms with Crippen molar-refractivity contribution in [1.29, 1.82) is 0 Å². The van der Waals surface area contributed by atoms with Gasteiger partial charge in [-0.25, -0.2) is 0 Å². The fourth-order valence-electron chi connectivity index (χ4n) is 2.44. The summed E-state index contributed by atoms with van der Waals surface area (Å²) in [6.07, 6.45) is 0. The van der Waals surface area contributed by atoms with Crippen LogP contribution in [0.25, 0.3) is 0 Å². The minimum atomic E-state index is -0.590. The van der Waals surface area contributed by atoms with Crippen LogP contribution in [0.15, 0.2) is 24.3 Å². The van der Waals surface area contributed by atoms with Crippen LogP contribution < -0.4 is 20.9 Å². The van der Waals surface area contributed by atoms with Crippen LogP contribution in [0.2, 0.25) is 0 Å². The Hall–Kier alpha value is -1.50. The second kappa shape index (κ2) is 9.71. The molecule has 3 N–H and O–H groups in total. The van der Waals surface area contributed by atoms with E-state index in [0.717, 1.165) is 17.9 Å². The van der Waals surface area contributed by atoms with Gasteiger partial charge in [-0.15, -0.1) is 24.8 Å². The zero-order valence-corrected chi connectivity index (χ0v) is 15.8. The van der Waals surface area contributed by atoms with Crippen LogP contribution in [0.5, 0.6) is 0 Å². The molecule has 1 aliphatic heterocycles. The molecule has 0 radical (unpaired) electrons. The first-order valence-electron chi connectivity index (χ1n) is 7.55. The molecule has 0 fully saturated rings. The average Bonchev–Trinajstić information content (AvgIpc) is 2.52. The predicted molar refractivity (Wildman–Crippen MR) is 102 cm³/mol. The number of fused-ring (bicyclic) bond motifs is 1. The van der Waals surface area contributed by atoms with Gasteiger partial charge < -0.3 is 20.9 Å². The second-order valence-corrected chi connectivity index (χ2v) is 5.94. The molecule has 1 heterocycles. The maximum atomic E-state index is 12.4. The van der Waals surface area contributed by atoms with Gasteiger partial charge in [0.2, 0.25) is 11.8 Å². The summed E-state index contributed by atoms with van der Waals surface area (Å²) in [5, 5.41) is 2.63. The molecule has 0 aliphatic carbocycles. The monoisotopic (exact) mass is 376 g/mol. The Morgan fingerprint density at radius 3 is 2.33 bits per heavy atom. The van der Waals surface area contributed by atoms with Crippen molar-refractivity contribution in [1.82, 2.24) is 5.32 Å². The van der Waals surface area contributed by atoms with Crippen LogP contribution in [0.4, 0.5) is 11.4 Å². The van der Waals surface area contributed by atoms with E-state index in [1.807, 2.05) is 45.2 Å². The number of hydrogen-bond acceptors (Lipinski definition) is 4. The lowest BCUT2D eigenvalue weighted by Crippen LogP contribution is -2.50. The molecule has 136 valence electrons. The van der Waals surface area contributed by atoms with E-state index in [1.165, 1.54) is 0 Å². The number of carbonyl (C=O) groups excluding carboxylic acids is 2. The van der Waals surface area contributed by atoms with Gasteiger partial charge in [-0.3, -0.25) is 9.59 Å². The third-order valence-corrected chi connectivity index (χ3v) is 3.98. The van der Waals surface area contributed by atoms with E-state index in [1.54, 1.807) is 4.90 Å². The lowest BCUT2D eigenvalue weighted by molar-refractivity contribution is -0.126. The fourth-order valence-corrected chi connectivity index (χ4v) is 2.44. The molecule has 0 bridgehead atoms. The van der Waals surface area contributed by atoms with Crippen LogP contribution in [0.1, 0.15) is 13.8 Å². The lowest BCUT2D eigenvalue weighted by Gasteiger charge is -2.35. The molecule has 0 saturated carbocycles. The highest BCUT2D eigenvalue weighted by Crippen LogP contribution is 2.31. The highest BCUT2D eigenvalue weighted by Gasteiger charge is 2.25. The number of benzene rings is 1. The van der Waals surface area contributed by atoms with E-state index < -0.39 is 6.04 Å². The first kappa shape index (κ1) is 22.5. The van der Waals surface area contributed by atoms with E-state index in [4.69, 9.17) is 5.73 Å². The Labute approximate surface area is 155 Å². The number of likely N-dealkylation sites (N-methyl/N-ethyl adjacent to an activating group) is 1. The zero-order valence-electron chi connectivity index (χ0n) is 14.2. The largest absolute Gasteiger partial charge is 0.371 e. The molecular weight excluding hydrogens is 351 g/mol. The number of para-hydroxylation sites is 2. The number of anilines is 2. The van der Waals surface area contributed by atoms with Gasteiger partial charge in [0.1, 0.15) is 0 Å². The Kier molecular flexibility index (Phi) is 9.11. The Morgan fingerprint density at radius 1 is 1.17 bits per heavy atom. The van der Waals surface area contributed by atoms with Crippen LogP contribution in [0.3, 0.4) is 0 Å². The summed E-state index contributed by atoms with van der Waals surface area (Å²) in [5.74, 6) is -0.366. The van der Waals surface area contributed by atoms with E-state index >= 15 is 0 Å². The summed E-state index contributed by atoms with van der Waals surface area (Å²) in [6.45, 7) is 5.10. The standard InChI is InChI=1S/C16H24N4O2.2ClH/c1-11(2)15(17)16(22)18-10-14(21)20-9-8-19(3)12-6-4-5-7-13(12)20;;/h4-7,11,15H,8-10,17H2,1-3H3,(H,18,22);2*1H/t15-;;/m0../s1. The van der Waals surface area contributed by atoms with Crippen molar-refractivity contribution in [3.05, 3.63) is 24.3 Å². The van der Waals surface area contributed by atoms with E-state index in [2.05, 4.69) is 10.2 Å². The summed E-state index contributed by atoms with van der Waals surface area (Å²) in [5.41, 5.74) is 7.67. The van der Waals surface area contributed by atoms with Gasteiger partial charge in [0.05, 0.1) is 24.0 Å². The second-order valence-electron chi connectivity index (χ2n) is 5.94. The molecular formula is C16H26Cl2N4O2. The fraction of sp³-hybridized carbons (Fsp3) is 0.500. The Bertz CT molecular complexity index is 569. The topological polar surface area (TPSA) is 78.7 Å². The summed E-state index contributed by atoms with van der Waals surface area (Å²) in [6, 6.07) is 7.18. The molecule has 1 atom stereocenters. The first-order valence-corrected chi connectivity index (χ1v) is 7.55. The summed E-state index contributed by atoms with van der Waals surface area (Å²) < 4.78 is 0. The van der Waals surface area contributed by atoms with Crippen LogP contribution >= 0.6 is 24.8 Å². The number of rotatable bonds is 4. The third kappa shape index (κ3) is 5.00. The minimum absolute atomic E-state index is 0. The molecule has 1 aromatic rings. The molecule has 2 rings (SSSR count). The molecule has 0 saturated heterocycles. The third-order valence-electron chi connectivity index (χ3n) is 3.98. The molecule has 0 spiro atoms. The Morgan fingerprint density at radius 2 is 1.75 bits per heavy atom. The predicted octanol–water partition coefficient (Wildman–Crippen LogP) is 1.41. The molecule has 0 unspecified atom stereocenters. The van der Waals surface area contributed by atoms with Gasteiger partial charge in [-0.05, 0) is 18.1 Å². The van der Waals surface area contributed by atoms with Crippen molar-refractivity contribution in [2.24, 2.45) is 11.7 Å². The number of nitrogens with two attached hydrogens (primary N) is 1. The van der Waals surface area contributed by atoms with Gasteiger partial charge in [0.15, 0.2) is 0 Å². The molecule has 0 aromatic heterocycles. The average molecular weight is 377 g/mol. The summed E-state index contributed by atoms with van der Waals surface area (Å²) in [7, 11) is 2.00. The van der Waals surface area contributed by atoms with Crippen molar-refractivity contribution in [3.63, 3.8) is 0 Å². The van der Waals surface area contributed by atoms with Crippen LogP contribution in [0, 0.1) is 5.92 Å². The Balaban J connectivity index is 0.00000264. The molecule has 1 aliphatic rings. The number of nitrogens with one attached hydrogen (secondary N) is 1. The van der Waals surface area contributed by atoms with Crippen molar-refractivity contribution >= 4 is 48.0 Å². The van der Waals surface area contributed by atoms with Crippen LogP contribution in [-0.4, -0.2) is 44.5 Å². The molecule has 24 heavy (non-hydrogen) atoms.